The van der Waals surface area contributed by atoms with Crippen LogP contribution in [0.15, 0.2) is 36.4 Å². The van der Waals surface area contributed by atoms with Crippen molar-refractivity contribution in [2.75, 3.05) is 0 Å². The largest absolute Gasteiger partial charge is 0.543 e. The molecule has 0 fully saturated rings. The van der Waals surface area contributed by atoms with E-state index in [0.29, 0.717) is 0 Å². The Morgan fingerprint density at radius 1 is 0.947 bits per heavy atom. The first-order chi connectivity index (χ1) is 8.72. The average molecular weight is 272 g/mol. The van der Waals surface area contributed by atoms with Crippen LogP contribution in [0.1, 0.15) is 26.3 Å². The highest BCUT2D eigenvalue weighted by atomic mass is 28.4. The van der Waals surface area contributed by atoms with Gasteiger partial charge in [0.05, 0.1) is 0 Å². The quantitative estimate of drug-likeness (QED) is 0.653. The standard InChI is InChI=1S/C17H24OSi/c1-13-11-12-14-9-7-8-10-15(14)16(13)18-19(5,6)17(2,3)4/h7-12H,1-6H3. The third kappa shape index (κ3) is 2.69. The topological polar surface area (TPSA) is 9.23 Å². The smallest absolute Gasteiger partial charge is 0.250 e. The van der Waals surface area contributed by atoms with Gasteiger partial charge in [-0.3, -0.25) is 0 Å². The molecule has 0 aliphatic carbocycles. The Morgan fingerprint density at radius 2 is 1.58 bits per heavy atom. The van der Waals surface area contributed by atoms with E-state index in [2.05, 4.69) is 77.2 Å². The van der Waals surface area contributed by atoms with Crippen molar-refractivity contribution in [3.8, 4) is 5.75 Å². The first kappa shape index (κ1) is 14.1. The maximum Gasteiger partial charge on any atom is 0.250 e. The van der Waals surface area contributed by atoms with Crippen molar-refractivity contribution in [2.24, 2.45) is 0 Å². The van der Waals surface area contributed by atoms with E-state index in [-0.39, 0.29) is 5.04 Å². The van der Waals surface area contributed by atoms with Crippen molar-refractivity contribution < 1.29 is 4.43 Å². The Morgan fingerprint density at radius 3 is 2.21 bits per heavy atom. The predicted molar refractivity (Wildman–Crippen MR) is 86.5 cm³/mol. The van der Waals surface area contributed by atoms with Crippen LogP contribution in [0, 0.1) is 6.92 Å². The fourth-order valence-electron chi connectivity index (χ4n) is 1.90. The van der Waals surface area contributed by atoms with Crippen LogP contribution in [0.3, 0.4) is 0 Å². The van der Waals surface area contributed by atoms with E-state index < -0.39 is 8.32 Å². The van der Waals surface area contributed by atoms with E-state index in [1.54, 1.807) is 0 Å². The van der Waals surface area contributed by atoms with Gasteiger partial charge in [0.25, 0.3) is 8.32 Å². The van der Waals surface area contributed by atoms with E-state index in [4.69, 9.17) is 4.43 Å². The summed E-state index contributed by atoms with van der Waals surface area (Å²) in [6.45, 7) is 13.6. The highest BCUT2D eigenvalue weighted by Crippen LogP contribution is 2.40. The number of benzene rings is 2. The minimum atomic E-state index is -1.79. The van der Waals surface area contributed by atoms with Crippen LogP contribution < -0.4 is 4.43 Å². The van der Waals surface area contributed by atoms with Crippen molar-refractivity contribution in [1.29, 1.82) is 0 Å². The highest BCUT2D eigenvalue weighted by molar-refractivity contribution is 6.74. The Labute approximate surface area is 117 Å². The second-order valence-corrected chi connectivity index (χ2v) is 11.5. The summed E-state index contributed by atoms with van der Waals surface area (Å²) in [5, 5.41) is 2.70. The van der Waals surface area contributed by atoms with Gasteiger partial charge < -0.3 is 4.43 Å². The molecule has 0 saturated carbocycles. The molecule has 1 nitrogen and oxygen atoms in total. The molecule has 0 spiro atoms. The van der Waals surface area contributed by atoms with E-state index in [0.717, 1.165) is 5.75 Å². The fraction of sp³-hybridized carbons (Fsp3) is 0.412. The van der Waals surface area contributed by atoms with E-state index in [1.165, 1.54) is 16.3 Å². The molecule has 2 rings (SSSR count). The van der Waals surface area contributed by atoms with Gasteiger partial charge in [-0.15, -0.1) is 0 Å². The molecule has 2 aromatic carbocycles. The number of rotatable bonds is 2. The normalized spacial score (nSPS) is 12.7. The van der Waals surface area contributed by atoms with Gasteiger partial charge in [0.1, 0.15) is 5.75 Å². The molecule has 0 atom stereocenters. The first-order valence-corrected chi connectivity index (χ1v) is 9.80. The van der Waals surface area contributed by atoms with Gasteiger partial charge >= 0.3 is 0 Å². The maximum absolute atomic E-state index is 6.55. The zero-order chi connectivity index (χ0) is 14.3. The third-order valence-corrected chi connectivity index (χ3v) is 8.57. The Kier molecular flexibility index (Phi) is 3.48. The predicted octanol–water partition coefficient (Wildman–Crippen LogP) is 5.53. The molecule has 0 amide bonds. The van der Waals surface area contributed by atoms with E-state index >= 15 is 0 Å². The van der Waals surface area contributed by atoms with Crippen molar-refractivity contribution in [2.45, 2.75) is 45.8 Å². The zero-order valence-corrected chi connectivity index (χ0v) is 13.9. The molecule has 0 aromatic heterocycles. The molecule has 0 unspecified atom stereocenters. The van der Waals surface area contributed by atoms with Gasteiger partial charge in [0.15, 0.2) is 0 Å². The third-order valence-electron chi connectivity index (χ3n) is 4.24. The summed E-state index contributed by atoms with van der Waals surface area (Å²) >= 11 is 0. The molecule has 2 aromatic rings. The molecule has 2 heteroatoms. The SMILES string of the molecule is Cc1ccc2ccccc2c1O[Si](C)(C)C(C)(C)C. The first-order valence-electron chi connectivity index (χ1n) is 6.90. The van der Waals surface area contributed by atoms with Crippen LogP contribution in [0.25, 0.3) is 10.8 Å². The molecule has 0 N–H and O–H groups in total. The average Bonchev–Trinajstić information content (AvgIpc) is 2.31. The molecular weight excluding hydrogens is 248 g/mol. The Hall–Kier alpha value is -1.28. The van der Waals surface area contributed by atoms with Gasteiger partial charge in [-0.25, -0.2) is 0 Å². The van der Waals surface area contributed by atoms with Crippen molar-refractivity contribution in [3.05, 3.63) is 42.0 Å². The summed E-state index contributed by atoms with van der Waals surface area (Å²) in [5.41, 5.74) is 1.23. The molecule has 102 valence electrons. The van der Waals surface area contributed by atoms with Crippen LogP contribution in [0.2, 0.25) is 18.1 Å². The lowest BCUT2D eigenvalue weighted by Gasteiger charge is -2.37. The summed E-state index contributed by atoms with van der Waals surface area (Å²) in [6.07, 6.45) is 0. The summed E-state index contributed by atoms with van der Waals surface area (Å²) < 4.78 is 6.55. The van der Waals surface area contributed by atoms with E-state index in [9.17, 15) is 0 Å². The molecule has 0 heterocycles. The number of aryl methyl sites for hydroxylation is 1. The molecule has 0 aliphatic heterocycles. The Bertz CT molecular complexity index is 594. The lowest BCUT2D eigenvalue weighted by atomic mass is 10.1. The molecule has 0 saturated heterocycles. The Balaban J connectivity index is 2.54. The van der Waals surface area contributed by atoms with Crippen LogP contribution in [-0.4, -0.2) is 8.32 Å². The molecule has 0 bridgehead atoms. The summed E-state index contributed by atoms with van der Waals surface area (Å²) in [6, 6.07) is 12.8. The van der Waals surface area contributed by atoms with Gasteiger partial charge in [-0.1, -0.05) is 57.2 Å². The number of fused-ring (bicyclic) bond motifs is 1. The van der Waals surface area contributed by atoms with Gasteiger partial charge in [-0.05, 0) is 36.0 Å². The second kappa shape index (κ2) is 4.68. The van der Waals surface area contributed by atoms with Crippen LogP contribution >= 0.6 is 0 Å². The van der Waals surface area contributed by atoms with Gasteiger partial charge in [0, 0.05) is 5.39 Å². The second-order valence-electron chi connectivity index (χ2n) is 6.80. The molecule has 0 radical (unpaired) electrons. The lowest BCUT2D eigenvalue weighted by molar-refractivity contribution is 0.494. The van der Waals surface area contributed by atoms with Gasteiger partial charge in [0.2, 0.25) is 0 Å². The molecular formula is C17H24OSi. The summed E-state index contributed by atoms with van der Waals surface area (Å²) in [5.74, 6) is 1.07. The highest BCUT2D eigenvalue weighted by Gasteiger charge is 2.39. The van der Waals surface area contributed by atoms with Crippen molar-refractivity contribution in [3.63, 3.8) is 0 Å². The summed E-state index contributed by atoms with van der Waals surface area (Å²) in [7, 11) is -1.79. The number of hydrogen-bond donors (Lipinski definition) is 0. The van der Waals surface area contributed by atoms with Gasteiger partial charge in [-0.2, -0.15) is 0 Å². The maximum atomic E-state index is 6.55. The lowest BCUT2D eigenvalue weighted by Crippen LogP contribution is -2.44. The zero-order valence-electron chi connectivity index (χ0n) is 12.9. The fourth-order valence-corrected chi connectivity index (χ4v) is 2.98. The van der Waals surface area contributed by atoms with Crippen molar-refractivity contribution in [1.82, 2.24) is 0 Å². The minimum Gasteiger partial charge on any atom is -0.543 e. The van der Waals surface area contributed by atoms with Crippen LogP contribution in [0.4, 0.5) is 0 Å². The van der Waals surface area contributed by atoms with Crippen molar-refractivity contribution >= 4 is 19.1 Å². The summed E-state index contributed by atoms with van der Waals surface area (Å²) in [4.78, 5) is 0. The number of hydrogen-bond acceptors (Lipinski definition) is 1. The van der Waals surface area contributed by atoms with E-state index in [1.807, 2.05) is 0 Å². The monoisotopic (exact) mass is 272 g/mol. The molecule has 19 heavy (non-hydrogen) atoms. The van der Waals surface area contributed by atoms with Crippen LogP contribution in [-0.2, 0) is 0 Å². The minimum absolute atomic E-state index is 0.219. The molecule has 0 aliphatic rings. The van der Waals surface area contributed by atoms with Crippen LogP contribution in [0.5, 0.6) is 5.75 Å².